The van der Waals surface area contributed by atoms with Crippen molar-refractivity contribution < 1.29 is 0 Å². The van der Waals surface area contributed by atoms with Gasteiger partial charge in [0.2, 0.25) is 0 Å². The van der Waals surface area contributed by atoms with Crippen molar-refractivity contribution in [1.82, 2.24) is 9.97 Å². The summed E-state index contributed by atoms with van der Waals surface area (Å²) >= 11 is 1.78. The first-order chi connectivity index (χ1) is 6.83. The minimum atomic E-state index is 0.177. The molecule has 15 heavy (non-hydrogen) atoms. The molecule has 0 bridgehead atoms. The van der Waals surface area contributed by atoms with Crippen LogP contribution in [-0.4, -0.2) is 21.8 Å². The van der Waals surface area contributed by atoms with Crippen molar-refractivity contribution in [2.75, 3.05) is 12.4 Å². The second-order valence-corrected chi connectivity index (χ2v) is 6.33. The highest BCUT2D eigenvalue weighted by Crippen LogP contribution is 2.34. The summed E-state index contributed by atoms with van der Waals surface area (Å²) in [5.74, 6) is 1.74. The van der Waals surface area contributed by atoms with E-state index >= 15 is 0 Å². The zero-order valence-corrected chi connectivity index (χ0v) is 11.1. The second-order valence-electron chi connectivity index (χ2n) is 4.51. The Morgan fingerprint density at radius 2 is 1.73 bits per heavy atom. The van der Waals surface area contributed by atoms with Gasteiger partial charge in [-0.2, -0.15) is 0 Å². The van der Waals surface area contributed by atoms with Gasteiger partial charge in [-0.15, -0.1) is 11.8 Å². The molecular weight excluding hydrogens is 206 g/mol. The van der Waals surface area contributed by atoms with Gasteiger partial charge in [0.25, 0.3) is 0 Å². The molecule has 0 atom stereocenters. The van der Waals surface area contributed by atoms with Crippen LogP contribution in [0.4, 0.5) is 5.82 Å². The molecule has 1 heterocycles. The molecule has 0 aliphatic carbocycles. The van der Waals surface area contributed by atoms with Crippen molar-refractivity contribution in [3.8, 4) is 0 Å². The van der Waals surface area contributed by atoms with Crippen LogP contribution in [0, 0.1) is 13.8 Å². The maximum absolute atomic E-state index is 4.48. The molecule has 0 unspecified atom stereocenters. The highest BCUT2D eigenvalue weighted by molar-refractivity contribution is 8.00. The van der Waals surface area contributed by atoms with Crippen LogP contribution in [0.25, 0.3) is 0 Å². The lowest BCUT2D eigenvalue weighted by Crippen LogP contribution is -2.10. The fourth-order valence-corrected chi connectivity index (χ4v) is 2.24. The third-order valence-corrected chi connectivity index (χ3v) is 3.06. The Bertz CT molecular complexity index is 356. The van der Waals surface area contributed by atoms with Crippen molar-refractivity contribution in [2.45, 2.75) is 44.4 Å². The topological polar surface area (TPSA) is 37.8 Å². The first kappa shape index (κ1) is 12.3. The zero-order valence-electron chi connectivity index (χ0n) is 10.3. The Hall–Kier alpha value is -0.770. The predicted octanol–water partition coefficient (Wildman–Crippen LogP) is 3.03. The van der Waals surface area contributed by atoms with E-state index < -0.39 is 0 Å². The van der Waals surface area contributed by atoms with Crippen LogP contribution in [-0.2, 0) is 0 Å². The summed E-state index contributed by atoms with van der Waals surface area (Å²) in [5.41, 5.74) is 1.13. The van der Waals surface area contributed by atoms with E-state index in [-0.39, 0.29) is 4.75 Å². The van der Waals surface area contributed by atoms with E-state index in [9.17, 15) is 0 Å². The molecule has 0 fully saturated rings. The number of aryl methyl sites for hydroxylation is 1. The molecule has 1 rings (SSSR count). The maximum Gasteiger partial charge on any atom is 0.133 e. The maximum atomic E-state index is 4.48. The normalized spacial score (nSPS) is 11.6. The Morgan fingerprint density at radius 3 is 2.20 bits per heavy atom. The van der Waals surface area contributed by atoms with Crippen LogP contribution in [0.5, 0.6) is 0 Å². The fourth-order valence-electron chi connectivity index (χ4n) is 1.24. The number of nitrogens with one attached hydrogen (secondary N) is 1. The Morgan fingerprint density at radius 1 is 1.13 bits per heavy atom. The summed E-state index contributed by atoms with van der Waals surface area (Å²) in [6, 6.07) is 0. The van der Waals surface area contributed by atoms with E-state index in [0.29, 0.717) is 0 Å². The van der Waals surface area contributed by atoms with Crippen molar-refractivity contribution in [3.63, 3.8) is 0 Å². The van der Waals surface area contributed by atoms with Crippen molar-refractivity contribution >= 4 is 17.6 Å². The van der Waals surface area contributed by atoms with Gasteiger partial charge in [0.05, 0.1) is 0 Å². The average molecular weight is 225 g/mol. The number of rotatable bonds is 2. The summed E-state index contributed by atoms with van der Waals surface area (Å²) < 4.78 is 0.177. The first-order valence-corrected chi connectivity index (χ1v) is 5.87. The lowest BCUT2D eigenvalue weighted by molar-refractivity contribution is 0.795. The second kappa shape index (κ2) is 4.39. The van der Waals surface area contributed by atoms with Gasteiger partial charge < -0.3 is 5.32 Å². The standard InChI is InChI=1S/C11H19N3S/c1-7-9(12-6)13-8(2)14-10(7)15-11(3,4)5/h1-6H3,(H,12,13,14). The zero-order chi connectivity index (χ0) is 11.6. The van der Waals surface area contributed by atoms with Crippen molar-refractivity contribution in [2.24, 2.45) is 0 Å². The Labute approximate surface area is 96.1 Å². The minimum absolute atomic E-state index is 0.177. The molecule has 1 aromatic heterocycles. The van der Waals surface area contributed by atoms with E-state index in [1.165, 1.54) is 0 Å². The first-order valence-electron chi connectivity index (χ1n) is 5.05. The van der Waals surface area contributed by atoms with Gasteiger partial charge in [0, 0.05) is 17.4 Å². The summed E-state index contributed by atoms with van der Waals surface area (Å²) in [6.45, 7) is 10.5. The summed E-state index contributed by atoms with van der Waals surface area (Å²) in [5, 5.41) is 4.17. The van der Waals surface area contributed by atoms with Crippen LogP contribution < -0.4 is 5.32 Å². The Balaban J connectivity index is 3.12. The molecule has 0 aliphatic heterocycles. The van der Waals surface area contributed by atoms with Gasteiger partial charge in [-0.05, 0) is 13.8 Å². The van der Waals surface area contributed by atoms with E-state index in [1.807, 2.05) is 14.0 Å². The van der Waals surface area contributed by atoms with Crippen LogP contribution in [0.3, 0.4) is 0 Å². The van der Waals surface area contributed by atoms with E-state index in [4.69, 9.17) is 0 Å². The monoisotopic (exact) mass is 225 g/mol. The van der Waals surface area contributed by atoms with Crippen LogP contribution in [0.1, 0.15) is 32.2 Å². The molecule has 0 saturated heterocycles. The van der Waals surface area contributed by atoms with Gasteiger partial charge in [0.1, 0.15) is 16.7 Å². The Kier molecular flexibility index (Phi) is 3.60. The summed E-state index contributed by atoms with van der Waals surface area (Å²) in [4.78, 5) is 8.82. The SMILES string of the molecule is CNc1nc(C)nc(SC(C)(C)C)c1C. The van der Waals surface area contributed by atoms with Gasteiger partial charge in [0.15, 0.2) is 0 Å². The molecule has 0 aromatic carbocycles. The average Bonchev–Trinajstić information content (AvgIpc) is 2.08. The molecule has 84 valence electrons. The van der Waals surface area contributed by atoms with Crippen molar-refractivity contribution in [3.05, 3.63) is 11.4 Å². The number of hydrogen-bond donors (Lipinski definition) is 1. The molecule has 0 radical (unpaired) electrons. The fraction of sp³-hybridized carbons (Fsp3) is 0.636. The molecule has 0 spiro atoms. The molecule has 0 saturated carbocycles. The van der Waals surface area contributed by atoms with Crippen LogP contribution in [0.2, 0.25) is 0 Å². The molecular formula is C11H19N3S. The molecule has 1 aromatic rings. The lowest BCUT2D eigenvalue weighted by atomic mass is 10.3. The molecule has 1 N–H and O–H groups in total. The largest absolute Gasteiger partial charge is 0.373 e. The summed E-state index contributed by atoms with van der Waals surface area (Å²) in [7, 11) is 1.89. The minimum Gasteiger partial charge on any atom is -0.373 e. The molecule has 4 heteroatoms. The summed E-state index contributed by atoms with van der Waals surface area (Å²) in [6.07, 6.45) is 0. The molecule has 0 amide bonds. The third-order valence-electron chi connectivity index (χ3n) is 1.85. The predicted molar refractivity (Wildman–Crippen MR) is 66.7 cm³/mol. The van der Waals surface area contributed by atoms with Crippen LogP contribution >= 0.6 is 11.8 Å². The number of thioether (sulfide) groups is 1. The van der Waals surface area contributed by atoms with Crippen molar-refractivity contribution in [1.29, 1.82) is 0 Å². The molecule has 0 aliphatic rings. The number of hydrogen-bond acceptors (Lipinski definition) is 4. The van der Waals surface area contributed by atoms with Crippen LogP contribution in [0.15, 0.2) is 5.03 Å². The number of nitrogens with zero attached hydrogens (tertiary/aromatic N) is 2. The number of aromatic nitrogens is 2. The van der Waals surface area contributed by atoms with Gasteiger partial charge >= 0.3 is 0 Å². The highest BCUT2D eigenvalue weighted by atomic mass is 32.2. The van der Waals surface area contributed by atoms with E-state index in [0.717, 1.165) is 22.2 Å². The quantitative estimate of drug-likeness (QED) is 0.620. The smallest absolute Gasteiger partial charge is 0.133 e. The van der Waals surface area contributed by atoms with E-state index in [1.54, 1.807) is 11.8 Å². The van der Waals surface area contributed by atoms with E-state index in [2.05, 4.69) is 43.0 Å². The van der Waals surface area contributed by atoms with Gasteiger partial charge in [-0.3, -0.25) is 0 Å². The third kappa shape index (κ3) is 3.38. The highest BCUT2D eigenvalue weighted by Gasteiger charge is 2.17. The van der Waals surface area contributed by atoms with Gasteiger partial charge in [-0.25, -0.2) is 9.97 Å². The number of anilines is 1. The lowest BCUT2D eigenvalue weighted by Gasteiger charge is -2.19. The van der Waals surface area contributed by atoms with Gasteiger partial charge in [-0.1, -0.05) is 20.8 Å². The molecule has 3 nitrogen and oxygen atoms in total.